The van der Waals surface area contributed by atoms with Gasteiger partial charge in [-0.15, -0.1) is 0 Å². The minimum Gasteiger partial charge on any atom is -0.379 e. The highest BCUT2D eigenvalue weighted by molar-refractivity contribution is 4.86. The van der Waals surface area contributed by atoms with Crippen LogP contribution in [0.4, 0.5) is 8.78 Å². The van der Waals surface area contributed by atoms with Crippen LogP contribution in [-0.2, 0) is 9.47 Å². The molecule has 1 heterocycles. The molecule has 0 aliphatic carbocycles. The van der Waals surface area contributed by atoms with Crippen LogP contribution in [0.1, 0.15) is 12.8 Å². The number of nitrogens with two attached hydrogens (primary N) is 1. The average molecular weight is 181 g/mol. The predicted octanol–water partition coefficient (Wildman–Crippen LogP) is 0.734. The van der Waals surface area contributed by atoms with Gasteiger partial charge in [-0.05, 0) is 12.8 Å². The lowest BCUT2D eigenvalue weighted by molar-refractivity contribution is -0.151. The Labute approximate surface area is 69.8 Å². The Bertz CT molecular complexity index is 137. The molecule has 0 amide bonds. The maximum atomic E-state index is 11.6. The third-order valence-electron chi connectivity index (χ3n) is 1.85. The standard InChI is InChI=1S/C7H13F2NO2/c8-6(9)12-5-7(10)2-1-3-11-4-7/h6H,1-5,10H2. The minimum atomic E-state index is -2.74. The summed E-state index contributed by atoms with van der Waals surface area (Å²) in [5, 5.41) is 0. The highest BCUT2D eigenvalue weighted by atomic mass is 19.3. The van der Waals surface area contributed by atoms with Crippen molar-refractivity contribution in [2.75, 3.05) is 19.8 Å². The van der Waals surface area contributed by atoms with E-state index < -0.39 is 12.2 Å². The predicted molar refractivity (Wildman–Crippen MR) is 38.9 cm³/mol. The minimum absolute atomic E-state index is 0.134. The van der Waals surface area contributed by atoms with Crippen LogP contribution in [0, 0.1) is 0 Å². The summed E-state index contributed by atoms with van der Waals surface area (Å²) in [6.45, 7) is -1.91. The first-order valence-corrected chi connectivity index (χ1v) is 3.89. The van der Waals surface area contributed by atoms with Gasteiger partial charge in [-0.3, -0.25) is 0 Å². The van der Waals surface area contributed by atoms with E-state index in [1.165, 1.54) is 0 Å². The number of alkyl halides is 2. The molecule has 72 valence electrons. The molecular weight excluding hydrogens is 168 g/mol. The van der Waals surface area contributed by atoms with E-state index in [9.17, 15) is 8.78 Å². The molecule has 0 radical (unpaired) electrons. The fourth-order valence-corrected chi connectivity index (χ4v) is 1.22. The van der Waals surface area contributed by atoms with Crippen LogP contribution in [0.3, 0.4) is 0 Å². The van der Waals surface area contributed by atoms with Gasteiger partial charge in [0.1, 0.15) is 0 Å². The van der Waals surface area contributed by atoms with E-state index in [1.807, 2.05) is 0 Å². The van der Waals surface area contributed by atoms with Crippen LogP contribution in [-0.4, -0.2) is 32.0 Å². The Morgan fingerprint density at radius 1 is 1.58 bits per heavy atom. The van der Waals surface area contributed by atoms with Gasteiger partial charge in [0.25, 0.3) is 0 Å². The Kier molecular flexibility index (Phi) is 3.37. The molecule has 1 atom stereocenters. The molecule has 12 heavy (non-hydrogen) atoms. The first-order chi connectivity index (χ1) is 5.62. The van der Waals surface area contributed by atoms with Crippen LogP contribution in [0.15, 0.2) is 0 Å². The summed E-state index contributed by atoms with van der Waals surface area (Å²) >= 11 is 0. The van der Waals surface area contributed by atoms with Crippen molar-refractivity contribution < 1.29 is 18.3 Å². The van der Waals surface area contributed by atoms with Crippen molar-refractivity contribution in [3.63, 3.8) is 0 Å². The molecular formula is C7H13F2NO2. The molecule has 1 saturated heterocycles. The first kappa shape index (κ1) is 9.83. The molecule has 0 saturated carbocycles. The number of ether oxygens (including phenoxy) is 2. The molecule has 1 aliphatic heterocycles. The molecule has 5 heteroatoms. The van der Waals surface area contributed by atoms with E-state index in [2.05, 4.69) is 4.74 Å². The lowest BCUT2D eigenvalue weighted by atomic mass is 9.95. The zero-order chi connectivity index (χ0) is 9.03. The molecule has 1 fully saturated rings. The van der Waals surface area contributed by atoms with Gasteiger partial charge in [-0.2, -0.15) is 8.78 Å². The second-order valence-electron chi connectivity index (χ2n) is 3.09. The molecule has 1 rings (SSSR count). The van der Waals surface area contributed by atoms with Crippen molar-refractivity contribution in [2.45, 2.75) is 25.0 Å². The molecule has 1 aliphatic rings. The quantitative estimate of drug-likeness (QED) is 0.698. The number of hydrogen-bond donors (Lipinski definition) is 1. The summed E-state index contributed by atoms with van der Waals surface area (Å²) in [5.41, 5.74) is 5.01. The SMILES string of the molecule is NC1(COC(F)F)CCCOC1. The van der Waals surface area contributed by atoms with Crippen LogP contribution in [0.5, 0.6) is 0 Å². The lowest BCUT2D eigenvalue weighted by Crippen LogP contribution is -2.51. The van der Waals surface area contributed by atoms with Gasteiger partial charge >= 0.3 is 6.61 Å². The maximum absolute atomic E-state index is 11.6. The van der Waals surface area contributed by atoms with Crippen molar-refractivity contribution >= 4 is 0 Å². The normalized spacial score (nSPS) is 31.0. The van der Waals surface area contributed by atoms with Crippen molar-refractivity contribution in [3.8, 4) is 0 Å². The Morgan fingerprint density at radius 3 is 2.83 bits per heavy atom. The molecule has 0 spiro atoms. The monoisotopic (exact) mass is 181 g/mol. The summed E-state index contributed by atoms with van der Waals surface area (Å²) in [6, 6.07) is 0. The molecule has 0 aromatic heterocycles. The zero-order valence-electron chi connectivity index (χ0n) is 6.76. The number of halogens is 2. The first-order valence-electron chi connectivity index (χ1n) is 3.89. The maximum Gasteiger partial charge on any atom is 0.345 e. The van der Waals surface area contributed by atoms with Gasteiger partial charge in [0.05, 0.1) is 18.8 Å². The Hall–Kier alpha value is -0.260. The molecule has 1 unspecified atom stereocenters. The van der Waals surface area contributed by atoms with Crippen LogP contribution < -0.4 is 5.73 Å². The van der Waals surface area contributed by atoms with Gasteiger partial charge in [0.15, 0.2) is 0 Å². The fourth-order valence-electron chi connectivity index (χ4n) is 1.22. The highest BCUT2D eigenvalue weighted by Gasteiger charge is 2.29. The summed E-state index contributed by atoms with van der Waals surface area (Å²) in [4.78, 5) is 0. The Balaban J connectivity index is 2.26. The lowest BCUT2D eigenvalue weighted by Gasteiger charge is -2.32. The van der Waals surface area contributed by atoms with Crippen molar-refractivity contribution in [2.24, 2.45) is 5.73 Å². The van der Waals surface area contributed by atoms with E-state index in [0.29, 0.717) is 19.6 Å². The topological polar surface area (TPSA) is 44.5 Å². The summed E-state index contributed by atoms with van der Waals surface area (Å²) in [7, 11) is 0. The van der Waals surface area contributed by atoms with Crippen molar-refractivity contribution in [1.82, 2.24) is 0 Å². The van der Waals surface area contributed by atoms with Gasteiger partial charge < -0.3 is 15.2 Å². The summed E-state index contributed by atoms with van der Waals surface area (Å²) < 4.78 is 32.5. The summed E-state index contributed by atoms with van der Waals surface area (Å²) in [6.07, 6.45) is 1.49. The van der Waals surface area contributed by atoms with Gasteiger partial charge in [-0.25, -0.2) is 0 Å². The van der Waals surface area contributed by atoms with E-state index in [-0.39, 0.29) is 6.61 Å². The average Bonchev–Trinajstić information content (AvgIpc) is 2.03. The molecule has 0 aromatic rings. The van der Waals surface area contributed by atoms with Gasteiger partial charge in [0.2, 0.25) is 0 Å². The fraction of sp³-hybridized carbons (Fsp3) is 1.00. The van der Waals surface area contributed by atoms with E-state index in [1.54, 1.807) is 0 Å². The van der Waals surface area contributed by atoms with E-state index in [0.717, 1.165) is 6.42 Å². The summed E-state index contributed by atoms with van der Waals surface area (Å²) in [5.74, 6) is 0. The van der Waals surface area contributed by atoms with Crippen LogP contribution >= 0.6 is 0 Å². The number of rotatable bonds is 3. The second kappa shape index (κ2) is 4.11. The smallest absolute Gasteiger partial charge is 0.345 e. The van der Waals surface area contributed by atoms with Crippen molar-refractivity contribution in [3.05, 3.63) is 0 Å². The van der Waals surface area contributed by atoms with Gasteiger partial charge in [0, 0.05) is 6.61 Å². The largest absolute Gasteiger partial charge is 0.379 e. The zero-order valence-corrected chi connectivity index (χ0v) is 6.76. The van der Waals surface area contributed by atoms with Gasteiger partial charge in [-0.1, -0.05) is 0 Å². The van der Waals surface area contributed by atoms with Crippen LogP contribution in [0.25, 0.3) is 0 Å². The van der Waals surface area contributed by atoms with Crippen molar-refractivity contribution in [1.29, 1.82) is 0 Å². The Morgan fingerprint density at radius 2 is 2.33 bits per heavy atom. The molecule has 3 nitrogen and oxygen atoms in total. The molecule has 2 N–H and O–H groups in total. The number of hydrogen-bond acceptors (Lipinski definition) is 3. The van der Waals surface area contributed by atoms with Crippen LogP contribution in [0.2, 0.25) is 0 Å². The molecule has 0 bridgehead atoms. The highest BCUT2D eigenvalue weighted by Crippen LogP contribution is 2.17. The molecule has 0 aromatic carbocycles. The van der Waals surface area contributed by atoms with E-state index in [4.69, 9.17) is 10.5 Å². The second-order valence-corrected chi connectivity index (χ2v) is 3.09. The third kappa shape index (κ3) is 3.00. The van der Waals surface area contributed by atoms with E-state index >= 15 is 0 Å². The third-order valence-corrected chi connectivity index (χ3v) is 1.85.